The first-order valence-corrected chi connectivity index (χ1v) is 16.9. The minimum Gasteiger partial charge on any atom is -0.443 e. The van der Waals surface area contributed by atoms with Crippen LogP contribution in [0, 0.1) is 12.8 Å². The molecule has 0 saturated carbocycles. The summed E-state index contributed by atoms with van der Waals surface area (Å²) in [4.78, 5) is 32.3. The molecule has 16 nitrogen and oxygen atoms in total. The van der Waals surface area contributed by atoms with Gasteiger partial charge in [0.15, 0.2) is 23.5 Å². The fourth-order valence-corrected chi connectivity index (χ4v) is 6.61. The zero-order chi connectivity index (χ0) is 35.8. The Labute approximate surface area is 290 Å². The molecule has 6 N–H and O–H groups in total. The minimum absolute atomic E-state index is 0.0342. The summed E-state index contributed by atoms with van der Waals surface area (Å²) in [6.45, 7) is 5.70. The Morgan fingerprint density at radius 2 is 1.86 bits per heavy atom. The van der Waals surface area contributed by atoms with E-state index < -0.39 is 54.7 Å². The van der Waals surface area contributed by atoms with Crippen LogP contribution >= 0.6 is 11.3 Å². The molecule has 5 unspecified atom stereocenters. The quantitative estimate of drug-likeness (QED) is 0.146. The smallest absolute Gasteiger partial charge is 0.443 e. The van der Waals surface area contributed by atoms with E-state index in [2.05, 4.69) is 10.3 Å². The number of amides is 2. The van der Waals surface area contributed by atoms with Gasteiger partial charge in [-0.25, -0.2) is 9.78 Å². The molecule has 17 heteroatoms. The van der Waals surface area contributed by atoms with Crippen molar-refractivity contribution in [2.24, 2.45) is 5.92 Å². The number of aliphatic hydroxyl groups is 5. The number of carbonyl (C=O) groups excluding carboxylic acids is 2. The maximum Gasteiger partial charge on any atom is 0.505 e. The lowest BCUT2D eigenvalue weighted by molar-refractivity contribution is -0.385. The molecular formula is C33H39N3O13S. The molecule has 0 spiro atoms. The van der Waals surface area contributed by atoms with Gasteiger partial charge in [-0.05, 0) is 69.5 Å². The molecular weight excluding hydrogens is 678 g/mol. The molecule has 2 saturated heterocycles. The second-order valence-electron chi connectivity index (χ2n) is 12.6. The van der Waals surface area contributed by atoms with Crippen LogP contribution in [0.4, 0.5) is 4.79 Å². The molecule has 0 radical (unpaired) electrons. The Hall–Kier alpha value is -4.07. The van der Waals surface area contributed by atoms with Crippen LogP contribution in [-0.4, -0.2) is 104 Å². The van der Waals surface area contributed by atoms with Crippen molar-refractivity contribution in [3.05, 3.63) is 69.7 Å². The average Bonchev–Trinajstić information content (AvgIpc) is 3.84. The van der Waals surface area contributed by atoms with Crippen molar-refractivity contribution in [2.45, 2.75) is 76.3 Å². The van der Waals surface area contributed by atoms with E-state index in [1.807, 2.05) is 0 Å². The molecule has 4 heterocycles. The van der Waals surface area contributed by atoms with Crippen LogP contribution in [0.15, 0.2) is 47.8 Å². The van der Waals surface area contributed by atoms with Gasteiger partial charge in [0.05, 0.1) is 36.3 Å². The van der Waals surface area contributed by atoms with E-state index >= 15 is 0 Å². The molecule has 270 valence electrons. The maximum atomic E-state index is 13.7. The van der Waals surface area contributed by atoms with Crippen molar-refractivity contribution in [1.82, 2.24) is 15.2 Å². The fourth-order valence-electron chi connectivity index (χ4n) is 5.97. The highest BCUT2D eigenvalue weighted by atomic mass is 32.1. The number of rotatable bonds is 12. The molecule has 0 bridgehead atoms. The van der Waals surface area contributed by atoms with Gasteiger partial charge < -0.3 is 54.0 Å². The van der Waals surface area contributed by atoms with Gasteiger partial charge >= 0.3 is 18.2 Å². The number of carbonyl (C=O) groups is 2. The summed E-state index contributed by atoms with van der Waals surface area (Å²) in [6.07, 6.45) is -5.15. The Kier molecular flexibility index (Phi) is 10.2. The Bertz CT molecular complexity index is 1680. The molecule has 2 amide bonds. The van der Waals surface area contributed by atoms with Crippen LogP contribution in [0.3, 0.4) is 0 Å². The zero-order valence-electron chi connectivity index (χ0n) is 27.4. The monoisotopic (exact) mass is 717 g/mol. The Morgan fingerprint density at radius 1 is 1.12 bits per heavy atom. The number of hydrogen-bond acceptors (Lipinski definition) is 15. The molecule has 2 aromatic carbocycles. The van der Waals surface area contributed by atoms with Crippen LogP contribution in [0.1, 0.15) is 46.9 Å². The van der Waals surface area contributed by atoms with E-state index in [1.54, 1.807) is 32.9 Å². The number of alkyl carbamates (subject to hydrolysis) is 1. The van der Waals surface area contributed by atoms with Gasteiger partial charge in [-0.3, -0.25) is 15.0 Å². The molecule has 3 aliphatic heterocycles. The van der Waals surface area contributed by atoms with E-state index in [1.165, 1.54) is 51.9 Å². The summed E-state index contributed by atoms with van der Waals surface area (Å²) in [7, 11) is 0. The maximum absolute atomic E-state index is 13.7. The number of nitrogens with zero attached hydrogens (tertiary/aromatic N) is 2. The van der Waals surface area contributed by atoms with Gasteiger partial charge in [0.25, 0.3) is 5.91 Å². The van der Waals surface area contributed by atoms with Crippen molar-refractivity contribution < 1.29 is 63.5 Å². The molecule has 3 aliphatic rings. The summed E-state index contributed by atoms with van der Waals surface area (Å²) >= 11 is 1.24. The largest absolute Gasteiger partial charge is 0.505 e. The normalized spacial score (nSPS) is 21.8. The first-order valence-electron chi connectivity index (χ1n) is 16.0. The van der Waals surface area contributed by atoms with Gasteiger partial charge in [0.2, 0.25) is 0 Å². The van der Waals surface area contributed by atoms with E-state index in [9.17, 15) is 35.1 Å². The second kappa shape index (κ2) is 14.3. The predicted molar refractivity (Wildman–Crippen MR) is 172 cm³/mol. The number of aliphatic hydroxyl groups excluding tert-OH is 1. The molecule has 3 aromatic rings. The summed E-state index contributed by atoms with van der Waals surface area (Å²) in [6, 6.07) is 9.00. The van der Waals surface area contributed by atoms with E-state index in [-0.39, 0.29) is 54.0 Å². The number of benzene rings is 2. The van der Waals surface area contributed by atoms with Crippen molar-refractivity contribution in [3.63, 3.8) is 0 Å². The van der Waals surface area contributed by atoms with Crippen LogP contribution in [0.2, 0.25) is 0 Å². The number of nitrogens with one attached hydrogen (secondary N) is 1. The van der Waals surface area contributed by atoms with Crippen LogP contribution in [0.25, 0.3) is 0 Å². The zero-order valence-corrected chi connectivity index (χ0v) is 28.2. The van der Waals surface area contributed by atoms with Crippen molar-refractivity contribution >= 4 is 23.3 Å². The molecule has 1 aromatic heterocycles. The first-order chi connectivity index (χ1) is 23.7. The number of ether oxygens (including phenoxy) is 6. The molecule has 0 aliphatic carbocycles. The van der Waals surface area contributed by atoms with Crippen molar-refractivity contribution in [3.8, 4) is 17.2 Å². The van der Waals surface area contributed by atoms with Crippen molar-refractivity contribution in [1.29, 1.82) is 0 Å². The summed E-state index contributed by atoms with van der Waals surface area (Å²) in [5.74, 6) is -3.15. The summed E-state index contributed by atoms with van der Waals surface area (Å²) < 4.78 is 32.0. The van der Waals surface area contributed by atoms with Gasteiger partial charge in [0.1, 0.15) is 11.9 Å². The van der Waals surface area contributed by atoms with Crippen LogP contribution < -0.4 is 19.5 Å². The minimum atomic E-state index is -2.86. The lowest BCUT2D eigenvalue weighted by Crippen LogP contribution is -2.52. The number of thiazole rings is 1. The number of aryl methyl sites for hydroxylation is 1. The third-order valence-electron chi connectivity index (χ3n) is 8.55. The van der Waals surface area contributed by atoms with E-state index in [4.69, 9.17) is 28.4 Å². The number of fused-ring (bicyclic) bond motifs is 2. The number of aromatic nitrogens is 1. The van der Waals surface area contributed by atoms with Gasteiger partial charge in [-0.1, -0.05) is 12.1 Å². The SMILES string of the molecule is Cc1nc(C(O)(O)Oc2ccc(CC(NC(=O)OC3COC4OCCC34)C(O)CN(C(=O)c3ccc4c(c3)OC(O)(O)O4)C(C)C)cc2)cs1. The van der Waals surface area contributed by atoms with Gasteiger partial charge in [-0.2, -0.15) is 0 Å². The molecule has 2 fully saturated rings. The standard InChI is InChI=1S/C33H39N3O13S/c1-17(2)36(29(38)20-6-9-25-26(13-20)49-33(42,43)48-25)14-24(37)23(35-31(39)46-27-15-45-30-22(27)10-11-44-30)12-19-4-7-21(8-5-19)47-32(40,41)28-16-50-18(3)34-28/h4-9,13,16-17,22-24,27,30,37,40-43H,10-12,14-15H2,1-3H3,(H,35,39). The highest BCUT2D eigenvalue weighted by Crippen LogP contribution is 2.38. The fraction of sp³-hybridized carbons (Fsp3) is 0.485. The van der Waals surface area contributed by atoms with Gasteiger partial charge in [0, 0.05) is 23.5 Å². The topological polar surface area (TPSA) is 219 Å². The third kappa shape index (κ3) is 8.11. The van der Waals surface area contributed by atoms with Crippen LogP contribution in [-0.2, 0) is 26.6 Å². The average molecular weight is 718 g/mol. The highest BCUT2D eigenvalue weighted by Gasteiger charge is 2.44. The van der Waals surface area contributed by atoms with Crippen LogP contribution in [0.5, 0.6) is 17.2 Å². The number of hydrogen-bond donors (Lipinski definition) is 6. The predicted octanol–water partition coefficient (Wildman–Crippen LogP) is 1.30. The second-order valence-corrected chi connectivity index (χ2v) is 13.6. The van der Waals surface area contributed by atoms with Crippen molar-refractivity contribution in [2.75, 3.05) is 19.8 Å². The first kappa shape index (κ1) is 35.7. The molecule has 5 atom stereocenters. The Balaban J connectivity index is 1.17. The Morgan fingerprint density at radius 3 is 2.56 bits per heavy atom. The lowest BCUT2D eigenvalue weighted by Gasteiger charge is -2.33. The lowest BCUT2D eigenvalue weighted by atomic mass is 10.00. The summed E-state index contributed by atoms with van der Waals surface area (Å²) in [5.41, 5.74) is 0.713. The molecule has 6 rings (SSSR count). The molecule has 50 heavy (non-hydrogen) atoms. The van der Waals surface area contributed by atoms with E-state index in [0.29, 0.717) is 23.6 Å². The third-order valence-corrected chi connectivity index (χ3v) is 9.32. The highest BCUT2D eigenvalue weighted by molar-refractivity contribution is 7.09. The van der Waals surface area contributed by atoms with E-state index in [0.717, 1.165) is 0 Å². The summed E-state index contributed by atoms with van der Waals surface area (Å²) in [5, 5.41) is 56.6. The van der Waals surface area contributed by atoms with Gasteiger partial charge in [-0.15, -0.1) is 11.3 Å².